The number of carboxylic acids is 1. The maximum Gasteiger partial charge on any atom is 0.329 e. The van der Waals surface area contributed by atoms with Crippen molar-refractivity contribution in [3.63, 3.8) is 0 Å². The van der Waals surface area contributed by atoms with Gasteiger partial charge < -0.3 is 19.3 Å². The zero-order valence-corrected chi connectivity index (χ0v) is 13.1. The predicted octanol–water partition coefficient (Wildman–Crippen LogP) is 0.670. The lowest BCUT2D eigenvalue weighted by Gasteiger charge is -2.31. The zero-order chi connectivity index (χ0) is 16.4. The fraction of sp³-hybridized carbons (Fsp3) is 0.500. The summed E-state index contributed by atoms with van der Waals surface area (Å²) in [6, 6.07) is 4.77. The van der Waals surface area contributed by atoms with Gasteiger partial charge in [0.15, 0.2) is 11.5 Å². The van der Waals surface area contributed by atoms with Gasteiger partial charge in [-0.05, 0) is 25.0 Å². The van der Waals surface area contributed by atoms with Crippen molar-refractivity contribution in [1.82, 2.24) is 4.31 Å². The second-order valence-corrected chi connectivity index (χ2v) is 7.20. The molecule has 1 fully saturated rings. The maximum atomic E-state index is 12.8. The van der Waals surface area contributed by atoms with Crippen molar-refractivity contribution in [1.29, 1.82) is 0 Å². The van der Waals surface area contributed by atoms with Gasteiger partial charge in [-0.2, -0.15) is 4.31 Å². The molecule has 0 aromatic heterocycles. The summed E-state index contributed by atoms with van der Waals surface area (Å²) >= 11 is 0. The standard InChI is InChI=1S/C14H17NO7S/c16-13(17)8-20-10-4-6-15(7-5-10)23(18,19)12-3-1-2-11-14(12)22-9-21-11/h1-3,10H,4-9H2,(H,16,17). The fourth-order valence-corrected chi connectivity index (χ4v) is 4.29. The Hall–Kier alpha value is -1.84. The first kappa shape index (κ1) is 16.0. The summed E-state index contributed by atoms with van der Waals surface area (Å²) in [5.41, 5.74) is 0. The molecule has 1 aromatic rings. The first-order valence-electron chi connectivity index (χ1n) is 7.20. The molecule has 2 aliphatic heterocycles. The van der Waals surface area contributed by atoms with E-state index < -0.39 is 16.0 Å². The largest absolute Gasteiger partial charge is 0.480 e. The molecule has 1 saturated heterocycles. The predicted molar refractivity (Wildman–Crippen MR) is 77.9 cm³/mol. The lowest BCUT2D eigenvalue weighted by Crippen LogP contribution is -2.41. The molecule has 2 aliphatic rings. The summed E-state index contributed by atoms with van der Waals surface area (Å²) < 4.78 is 42.6. The number of carboxylic acid groups (broad SMARTS) is 1. The normalized spacial score (nSPS) is 19.0. The molecule has 0 spiro atoms. The second kappa shape index (κ2) is 6.34. The van der Waals surface area contributed by atoms with E-state index in [9.17, 15) is 13.2 Å². The van der Waals surface area contributed by atoms with Crippen LogP contribution in [0.2, 0.25) is 0 Å². The Bertz CT molecular complexity index is 695. The fourth-order valence-electron chi connectivity index (χ4n) is 2.67. The van der Waals surface area contributed by atoms with Crippen LogP contribution in [0, 0.1) is 0 Å². The van der Waals surface area contributed by atoms with Gasteiger partial charge in [0.2, 0.25) is 16.8 Å². The third-order valence-electron chi connectivity index (χ3n) is 3.82. The zero-order valence-electron chi connectivity index (χ0n) is 12.3. The smallest absolute Gasteiger partial charge is 0.329 e. The highest BCUT2D eigenvalue weighted by atomic mass is 32.2. The van der Waals surface area contributed by atoms with E-state index in [1.807, 2.05) is 0 Å². The van der Waals surface area contributed by atoms with Crippen LogP contribution in [0.1, 0.15) is 12.8 Å². The van der Waals surface area contributed by atoms with Crippen LogP contribution in [-0.4, -0.2) is 56.4 Å². The van der Waals surface area contributed by atoms with Gasteiger partial charge >= 0.3 is 5.97 Å². The minimum Gasteiger partial charge on any atom is -0.480 e. The Balaban J connectivity index is 1.70. The van der Waals surface area contributed by atoms with Gasteiger partial charge in [-0.1, -0.05) is 6.07 Å². The Labute approximate surface area is 133 Å². The Kier molecular flexibility index (Phi) is 4.42. The van der Waals surface area contributed by atoms with E-state index in [2.05, 4.69) is 0 Å². The number of rotatable bonds is 5. The second-order valence-electron chi connectivity index (χ2n) is 5.30. The van der Waals surface area contributed by atoms with Crippen LogP contribution < -0.4 is 9.47 Å². The molecule has 1 aromatic carbocycles. The van der Waals surface area contributed by atoms with E-state index >= 15 is 0 Å². The van der Waals surface area contributed by atoms with E-state index in [1.54, 1.807) is 12.1 Å². The van der Waals surface area contributed by atoms with E-state index in [1.165, 1.54) is 10.4 Å². The minimum atomic E-state index is -3.69. The van der Waals surface area contributed by atoms with Gasteiger partial charge in [-0.25, -0.2) is 13.2 Å². The van der Waals surface area contributed by atoms with E-state index in [4.69, 9.17) is 19.3 Å². The van der Waals surface area contributed by atoms with Crippen LogP contribution in [0.3, 0.4) is 0 Å². The summed E-state index contributed by atoms with van der Waals surface area (Å²) in [4.78, 5) is 10.6. The molecular formula is C14H17NO7S. The molecule has 1 N–H and O–H groups in total. The SMILES string of the molecule is O=C(O)COC1CCN(S(=O)(=O)c2cccc3c2OCO3)CC1. The summed E-state index contributed by atoms with van der Waals surface area (Å²) in [6.45, 7) is 0.191. The molecule has 23 heavy (non-hydrogen) atoms. The number of fused-ring (bicyclic) bond motifs is 1. The maximum absolute atomic E-state index is 12.8. The van der Waals surface area contributed by atoms with Crippen LogP contribution in [0.4, 0.5) is 0 Å². The summed E-state index contributed by atoms with van der Waals surface area (Å²) in [5.74, 6) is -0.362. The van der Waals surface area contributed by atoms with Crippen LogP contribution in [0.5, 0.6) is 11.5 Å². The summed E-state index contributed by atoms with van der Waals surface area (Å²) in [5, 5.41) is 8.61. The Morgan fingerprint density at radius 3 is 2.74 bits per heavy atom. The average molecular weight is 343 g/mol. The lowest BCUT2D eigenvalue weighted by atomic mass is 10.1. The van der Waals surface area contributed by atoms with Gasteiger partial charge in [0.05, 0.1) is 6.10 Å². The Morgan fingerprint density at radius 1 is 1.30 bits per heavy atom. The molecular weight excluding hydrogens is 326 g/mol. The topological polar surface area (TPSA) is 102 Å². The van der Waals surface area contributed by atoms with Gasteiger partial charge in [-0.3, -0.25) is 0 Å². The van der Waals surface area contributed by atoms with Crippen molar-refractivity contribution in [3.8, 4) is 11.5 Å². The summed E-state index contributed by atoms with van der Waals surface area (Å²) in [6.07, 6.45) is 0.677. The number of sulfonamides is 1. The summed E-state index contributed by atoms with van der Waals surface area (Å²) in [7, 11) is -3.69. The molecule has 3 rings (SSSR count). The number of benzene rings is 1. The monoisotopic (exact) mass is 343 g/mol. The number of piperidine rings is 1. The highest BCUT2D eigenvalue weighted by molar-refractivity contribution is 7.89. The molecule has 0 unspecified atom stereocenters. The van der Waals surface area contributed by atoms with Crippen molar-refractivity contribution in [3.05, 3.63) is 18.2 Å². The van der Waals surface area contributed by atoms with E-state index in [-0.39, 0.29) is 43.2 Å². The molecule has 2 heterocycles. The van der Waals surface area contributed by atoms with Crippen LogP contribution in [-0.2, 0) is 19.6 Å². The molecule has 126 valence electrons. The first-order valence-corrected chi connectivity index (χ1v) is 8.64. The molecule has 0 amide bonds. The number of nitrogens with zero attached hydrogens (tertiary/aromatic N) is 1. The van der Waals surface area contributed by atoms with Gasteiger partial charge in [0.1, 0.15) is 11.5 Å². The number of hydrogen-bond donors (Lipinski definition) is 1. The lowest BCUT2D eigenvalue weighted by molar-refractivity contribution is -0.145. The molecule has 0 saturated carbocycles. The molecule has 0 aliphatic carbocycles. The quantitative estimate of drug-likeness (QED) is 0.838. The third kappa shape index (κ3) is 3.26. The van der Waals surface area contributed by atoms with Gasteiger partial charge in [0, 0.05) is 13.1 Å². The first-order chi connectivity index (χ1) is 11.0. The molecule has 0 atom stereocenters. The van der Waals surface area contributed by atoms with Crippen molar-refractivity contribution < 1.29 is 32.5 Å². The van der Waals surface area contributed by atoms with E-state index in [0.717, 1.165) is 0 Å². The van der Waals surface area contributed by atoms with Gasteiger partial charge in [0.25, 0.3) is 0 Å². The molecule has 0 radical (unpaired) electrons. The van der Waals surface area contributed by atoms with Crippen molar-refractivity contribution >= 4 is 16.0 Å². The molecule has 9 heteroatoms. The van der Waals surface area contributed by atoms with Crippen molar-refractivity contribution in [2.24, 2.45) is 0 Å². The van der Waals surface area contributed by atoms with Crippen LogP contribution in [0.15, 0.2) is 23.1 Å². The van der Waals surface area contributed by atoms with Crippen LogP contribution in [0.25, 0.3) is 0 Å². The number of aliphatic carboxylic acids is 1. The molecule has 0 bridgehead atoms. The third-order valence-corrected chi connectivity index (χ3v) is 5.74. The number of hydrogen-bond acceptors (Lipinski definition) is 6. The van der Waals surface area contributed by atoms with Crippen LogP contribution >= 0.6 is 0 Å². The van der Waals surface area contributed by atoms with Crippen molar-refractivity contribution in [2.75, 3.05) is 26.5 Å². The highest BCUT2D eigenvalue weighted by Gasteiger charge is 2.34. The van der Waals surface area contributed by atoms with Gasteiger partial charge in [-0.15, -0.1) is 0 Å². The number of para-hydroxylation sites is 1. The molecule has 8 nitrogen and oxygen atoms in total. The van der Waals surface area contributed by atoms with Crippen molar-refractivity contribution in [2.45, 2.75) is 23.8 Å². The number of carbonyl (C=O) groups is 1. The Morgan fingerprint density at radius 2 is 2.04 bits per heavy atom. The minimum absolute atomic E-state index is 0.00691. The highest BCUT2D eigenvalue weighted by Crippen LogP contribution is 2.39. The number of ether oxygens (including phenoxy) is 3. The van der Waals surface area contributed by atoms with E-state index in [0.29, 0.717) is 18.6 Å². The average Bonchev–Trinajstić information content (AvgIpc) is 3.01.